The van der Waals surface area contributed by atoms with Gasteiger partial charge in [0.2, 0.25) is 0 Å². The highest BCUT2D eigenvalue weighted by Crippen LogP contribution is 2.26. The van der Waals surface area contributed by atoms with Gasteiger partial charge >= 0.3 is 0 Å². The Morgan fingerprint density at radius 1 is 1.19 bits per heavy atom. The van der Waals surface area contributed by atoms with Gasteiger partial charge in [-0.05, 0) is 32.0 Å². The Kier molecular flexibility index (Phi) is 5.17. The zero-order valence-electron chi connectivity index (χ0n) is 12.0. The van der Waals surface area contributed by atoms with Gasteiger partial charge in [0.1, 0.15) is 5.75 Å². The predicted octanol–water partition coefficient (Wildman–Crippen LogP) is 4.66. The molecule has 0 saturated heterocycles. The zero-order chi connectivity index (χ0) is 15.6. The molecule has 5 heteroatoms. The van der Waals surface area contributed by atoms with Crippen molar-refractivity contribution in [1.82, 2.24) is 4.98 Å². The van der Waals surface area contributed by atoms with Crippen LogP contribution in [0.15, 0.2) is 33.3 Å². The first kappa shape index (κ1) is 16.2. The van der Waals surface area contributed by atoms with E-state index in [0.29, 0.717) is 5.56 Å². The van der Waals surface area contributed by atoms with Crippen LogP contribution in [0.1, 0.15) is 27.2 Å². The van der Waals surface area contributed by atoms with Crippen LogP contribution >= 0.6 is 31.9 Å². The summed E-state index contributed by atoms with van der Waals surface area (Å²) in [7, 11) is 1.63. The highest BCUT2D eigenvalue weighted by Gasteiger charge is 2.15. The van der Waals surface area contributed by atoms with Crippen molar-refractivity contribution in [3.05, 3.63) is 55.7 Å². The average Bonchev–Trinajstić information content (AvgIpc) is 2.41. The fraction of sp³-hybridized carbons (Fsp3) is 0.250. The van der Waals surface area contributed by atoms with Crippen LogP contribution in [-0.2, 0) is 6.42 Å². The number of carbonyl (C=O) groups excluding carboxylic acids is 1. The Balaban J connectivity index is 2.32. The van der Waals surface area contributed by atoms with E-state index in [9.17, 15) is 4.79 Å². The maximum absolute atomic E-state index is 12.4. The molecule has 0 N–H and O–H groups in total. The summed E-state index contributed by atoms with van der Waals surface area (Å²) in [4.78, 5) is 16.8. The lowest BCUT2D eigenvalue weighted by Gasteiger charge is -2.12. The van der Waals surface area contributed by atoms with E-state index in [-0.39, 0.29) is 12.2 Å². The predicted molar refractivity (Wildman–Crippen MR) is 90.1 cm³/mol. The van der Waals surface area contributed by atoms with Gasteiger partial charge in [-0.3, -0.25) is 9.78 Å². The summed E-state index contributed by atoms with van der Waals surface area (Å²) >= 11 is 6.79. The second-order valence-electron chi connectivity index (χ2n) is 4.80. The highest BCUT2D eigenvalue weighted by atomic mass is 79.9. The van der Waals surface area contributed by atoms with Crippen molar-refractivity contribution < 1.29 is 9.53 Å². The Morgan fingerprint density at radius 3 is 2.38 bits per heavy atom. The number of rotatable bonds is 4. The van der Waals surface area contributed by atoms with Crippen molar-refractivity contribution in [2.45, 2.75) is 20.3 Å². The molecule has 21 heavy (non-hydrogen) atoms. The van der Waals surface area contributed by atoms with Gasteiger partial charge in [-0.25, -0.2) is 0 Å². The van der Waals surface area contributed by atoms with E-state index < -0.39 is 0 Å². The quantitative estimate of drug-likeness (QED) is 0.685. The van der Waals surface area contributed by atoms with Crippen molar-refractivity contribution in [3.8, 4) is 5.75 Å². The third kappa shape index (κ3) is 3.71. The molecule has 0 unspecified atom stereocenters. The minimum absolute atomic E-state index is 0.0264. The van der Waals surface area contributed by atoms with Crippen LogP contribution in [0, 0.1) is 13.8 Å². The fourth-order valence-electron chi connectivity index (χ4n) is 2.22. The van der Waals surface area contributed by atoms with Gasteiger partial charge in [0, 0.05) is 31.8 Å². The summed E-state index contributed by atoms with van der Waals surface area (Å²) in [6, 6.07) is 5.52. The molecule has 0 atom stereocenters. The number of halogens is 2. The van der Waals surface area contributed by atoms with Crippen LogP contribution in [0.25, 0.3) is 0 Å². The number of pyridine rings is 1. The van der Waals surface area contributed by atoms with E-state index in [1.165, 1.54) is 0 Å². The summed E-state index contributed by atoms with van der Waals surface area (Å²) in [5, 5.41) is 0. The molecule has 0 aliphatic rings. The number of benzene rings is 1. The molecule has 2 aromatic rings. The van der Waals surface area contributed by atoms with Crippen LogP contribution in [0.3, 0.4) is 0 Å². The van der Waals surface area contributed by atoms with Crippen molar-refractivity contribution in [3.63, 3.8) is 0 Å². The van der Waals surface area contributed by atoms with Crippen molar-refractivity contribution >= 4 is 37.6 Å². The minimum Gasteiger partial charge on any atom is -0.496 e. The van der Waals surface area contributed by atoms with Crippen molar-refractivity contribution in [1.29, 1.82) is 0 Å². The van der Waals surface area contributed by atoms with Gasteiger partial charge in [-0.1, -0.05) is 31.9 Å². The molecule has 0 amide bonds. The fourth-order valence-corrected chi connectivity index (χ4v) is 3.51. The van der Waals surface area contributed by atoms with E-state index in [0.717, 1.165) is 31.5 Å². The molecule has 0 spiro atoms. The van der Waals surface area contributed by atoms with Crippen LogP contribution in [-0.4, -0.2) is 17.9 Å². The van der Waals surface area contributed by atoms with Gasteiger partial charge in [-0.15, -0.1) is 0 Å². The van der Waals surface area contributed by atoms with E-state index in [1.54, 1.807) is 13.3 Å². The Bertz CT molecular complexity index is 679. The lowest BCUT2D eigenvalue weighted by Crippen LogP contribution is -2.08. The third-order valence-corrected chi connectivity index (χ3v) is 4.18. The first-order valence-corrected chi connectivity index (χ1v) is 7.99. The summed E-state index contributed by atoms with van der Waals surface area (Å²) in [5.41, 5.74) is 3.28. The maximum atomic E-state index is 12.4. The van der Waals surface area contributed by atoms with Gasteiger partial charge in [0.25, 0.3) is 0 Å². The summed E-state index contributed by atoms with van der Waals surface area (Å²) in [6.07, 6.45) is 2.00. The molecule has 1 aromatic carbocycles. The first-order valence-electron chi connectivity index (χ1n) is 6.40. The van der Waals surface area contributed by atoms with E-state index >= 15 is 0 Å². The molecule has 2 rings (SSSR count). The Labute approximate surface area is 141 Å². The molecule has 110 valence electrons. The SMILES string of the molecule is COc1c(C)cnc(CC(=O)c2cc(Br)cc(Br)c2)c1C. The van der Waals surface area contributed by atoms with E-state index in [4.69, 9.17) is 4.74 Å². The highest BCUT2D eigenvalue weighted by molar-refractivity contribution is 9.11. The summed E-state index contributed by atoms with van der Waals surface area (Å²) in [6.45, 7) is 3.87. The number of hydrogen-bond acceptors (Lipinski definition) is 3. The lowest BCUT2D eigenvalue weighted by molar-refractivity contribution is 0.0991. The smallest absolute Gasteiger partial charge is 0.168 e. The zero-order valence-corrected chi connectivity index (χ0v) is 15.2. The normalized spacial score (nSPS) is 10.5. The van der Waals surface area contributed by atoms with Crippen LogP contribution in [0.4, 0.5) is 0 Å². The van der Waals surface area contributed by atoms with Crippen LogP contribution in [0.2, 0.25) is 0 Å². The maximum Gasteiger partial charge on any atom is 0.168 e. The molecular formula is C16H15Br2NO2. The van der Waals surface area contributed by atoms with Crippen molar-refractivity contribution in [2.24, 2.45) is 0 Å². The van der Waals surface area contributed by atoms with Crippen molar-refractivity contribution in [2.75, 3.05) is 7.11 Å². The number of carbonyl (C=O) groups is 1. The summed E-state index contributed by atoms with van der Waals surface area (Å²) in [5.74, 6) is 0.821. The molecular weight excluding hydrogens is 398 g/mol. The van der Waals surface area contributed by atoms with Gasteiger partial charge in [-0.2, -0.15) is 0 Å². The molecule has 3 nitrogen and oxygen atoms in total. The molecule has 0 radical (unpaired) electrons. The minimum atomic E-state index is 0.0264. The number of aryl methyl sites for hydroxylation is 1. The van der Waals surface area contributed by atoms with E-state index in [2.05, 4.69) is 36.8 Å². The third-order valence-electron chi connectivity index (χ3n) is 3.26. The molecule has 0 fully saturated rings. The molecule has 0 aliphatic carbocycles. The Hall–Kier alpha value is -1.20. The number of methoxy groups -OCH3 is 1. The average molecular weight is 413 g/mol. The monoisotopic (exact) mass is 411 g/mol. The number of Topliss-reactive ketones (excluding diaryl/α,β-unsaturated/α-hetero) is 1. The number of nitrogens with zero attached hydrogens (tertiary/aromatic N) is 1. The first-order chi connectivity index (χ1) is 9.92. The molecule has 0 bridgehead atoms. The lowest BCUT2D eigenvalue weighted by atomic mass is 10.0. The van der Waals surface area contributed by atoms with E-state index in [1.807, 2.05) is 32.0 Å². The largest absolute Gasteiger partial charge is 0.496 e. The van der Waals surface area contributed by atoms with Gasteiger partial charge in [0.15, 0.2) is 5.78 Å². The number of aromatic nitrogens is 1. The number of hydrogen-bond donors (Lipinski definition) is 0. The molecule has 0 aliphatic heterocycles. The second kappa shape index (κ2) is 6.71. The van der Waals surface area contributed by atoms with Gasteiger partial charge in [0.05, 0.1) is 19.2 Å². The number of ketones is 1. The molecule has 1 heterocycles. The summed E-state index contributed by atoms with van der Waals surface area (Å²) < 4.78 is 7.11. The second-order valence-corrected chi connectivity index (χ2v) is 6.64. The molecule has 1 aromatic heterocycles. The standard InChI is InChI=1S/C16H15Br2NO2/c1-9-8-19-14(10(2)16(9)21-3)7-15(20)11-4-12(17)6-13(18)5-11/h4-6,8H,7H2,1-3H3. The topological polar surface area (TPSA) is 39.2 Å². The van der Waals surface area contributed by atoms with Crippen LogP contribution in [0.5, 0.6) is 5.75 Å². The Morgan fingerprint density at radius 2 is 1.81 bits per heavy atom. The number of ether oxygens (including phenoxy) is 1. The molecule has 0 saturated carbocycles. The van der Waals surface area contributed by atoms with Gasteiger partial charge < -0.3 is 4.74 Å². The van der Waals surface area contributed by atoms with Crippen LogP contribution < -0.4 is 4.74 Å².